The topological polar surface area (TPSA) is 43.1 Å². The normalized spacial score (nSPS) is 10.6. The van der Waals surface area contributed by atoms with Crippen LogP contribution in [0, 0.1) is 6.92 Å². The van der Waals surface area contributed by atoms with E-state index >= 15 is 0 Å². The molecule has 0 N–H and O–H groups in total. The molecular formula is C9H6BrNO2. The van der Waals surface area contributed by atoms with Gasteiger partial charge in [0.15, 0.2) is 5.89 Å². The van der Waals surface area contributed by atoms with Gasteiger partial charge in [0.2, 0.25) is 0 Å². The molecule has 1 heterocycles. The molecule has 0 bridgehead atoms. The van der Waals surface area contributed by atoms with Crippen LogP contribution >= 0.6 is 15.9 Å². The molecule has 13 heavy (non-hydrogen) atoms. The number of hydrogen-bond donors (Lipinski definition) is 0. The van der Waals surface area contributed by atoms with Gasteiger partial charge in [-0.1, -0.05) is 15.9 Å². The molecule has 0 radical (unpaired) electrons. The van der Waals surface area contributed by atoms with Gasteiger partial charge < -0.3 is 4.42 Å². The molecule has 0 atom stereocenters. The number of halogens is 1. The summed E-state index contributed by atoms with van der Waals surface area (Å²) >= 11 is 3.31. The molecule has 0 aliphatic carbocycles. The maximum Gasteiger partial charge on any atom is 0.346 e. The van der Waals surface area contributed by atoms with Gasteiger partial charge >= 0.3 is 5.63 Å². The van der Waals surface area contributed by atoms with Gasteiger partial charge in [-0.15, -0.1) is 0 Å². The SMILES string of the molecule is Cc1nc2cc(Br)ccc2c(=O)o1. The highest BCUT2D eigenvalue weighted by Gasteiger charge is 2.02. The van der Waals surface area contributed by atoms with Crippen molar-refractivity contribution in [2.75, 3.05) is 0 Å². The van der Waals surface area contributed by atoms with Crippen LogP contribution in [0.4, 0.5) is 0 Å². The molecule has 2 aromatic rings. The van der Waals surface area contributed by atoms with Crippen LogP contribution in [0.5, 0.6) is 0 Å². The summed E-state index contributed by atoms with van der Waals surface area (Å²) in [5.41, 5.74) is 0.318. The summed E-state index contributed by atoms with van der Waals surface area (Å²) in [4.78, 5) is 15.4. The van der Waals surface area contributed by atoms with Crippen molar-refractivity contribution in [3.8, 4) is 0 Å². The Hall–Kier alpha value is -1.16. The van der Waals surface area contributed by atoms with Crippen molar-refractivity contribution in [3.05, 3.63) is 39.0 Å². The smallest absolute Gasteiger partial charge is 0.346 e. The fourth-order valence-corrected chi connectivity index (χ4v) is 1.50. The maximum atomic E-state index is 11.3. The third-order valence-corrected chi connectivity index (χ3v) is 2.19. The number of aryl methyl sites for hydroxylation is 1. The van der Waals surface area contributed by atoms with Gasteiger partial charge in [0.25, 0.3) is 0 Å². The molecular weight excluding hydrogens is 234 g/mol. The molecule has 0 amide bonds. The Bertz CT molecular complexity index is 513. The van der Waals surface area contributed by atoms with Crippen LogP contribution in [0.2, 0.25) is 0 Å². The Kier molecular flexibility index (Phi) is 1.92. The minimum absolute atomic E-state index is 0.338. The Morgan fingerprint density at radius 1 is 1.46 bits per heavy atom. The van der Waals surface area contributed by atoms with Crippen LogP contribution in [0.15, 0.2) is 31.9 Å². The minimum atomic E-state index is -0.338. The van der Waals surface area contributed by atoms with Crippen LogP contribution in [0.25, 0.3) is 10.9 Å². The van der Waals surface area contributed by atoms with E-state index in [0.29, 0.717) is 16.8 Å². The third-order valence-electron chi connectivity index (χ3n) is 1.70. The van der Waals surface area contributed by atoms with E-state index in [9.17, 15) is 4.79 Å². The van der Waals surface area contributed by atoms with Crippen molar-refractivity contribution >= 4 is 26.8 Å². The van der Waals surface area contributed by atoms with E-state index in [1.165, 1.54) is 0 Å². The lowest BCUT2D eigenvalue weighted by Crippen LogP contribution is -2.02. The van der Waals surface area contributed by atoms with E-state index in [-0.39, 0.29) is 5.63 Å². The quantitative estimate of drug-likeness (QED) is 0.709. The van der Waals surface area contributed by atoms with Crippen LogP contribution in [-0.4, -0.2) is 4.98 Å². The number of rotatable bonds is 0. The third kappa shape index (κ3) is 1.49. The van der Waals surface area contributed by atoms with Gasteiger partial charge in [-0.25, -0.2) is 9.78 Å². The van der Waals surface area contributed by atoms with E-state index in [0.717, 1.165) is 4.47 Å². The molecule has 1 aromatic carbocycles. The van der Waals surface area contributed by atoms with Crippen molar-refractivity contribution in [1.82, 2.24) is 4.98 Å². The van der Waals surface area contributed by atoms with Gasteiger partial charge in [0.1, 0.15) is 0 Å². The van der Waals surface area contributed by atoms with Gasteiger partial charge in [0.05, 0.1) is 10.9 Å². The second-order valence-electron chi connectivity index (χ2n) is 2.68. The summed E-state index contributed by atoms with van der Waals surface area (Å²) in [6.45, 7) is 1.65. The Balaban J connectivity index is 2.95. The van der Waals surface area contributed by atoms with Crippen LogP contribution in [-0.2, 0) is 0 Å². The first-order valence-corrected chi connectivity index (χ1v) is 4.53. The number of hydrogen-bond acceptors (Lipinski definition) is 3. The predicted molar refractivity (Wildman–Crippen MR) is 52.7 cm³/mol. The number of nitrogens with zero attached hydrogens (tertiary/aromatic N) is 1. The van der Waals surface area contributed by atoms with E-state index in [2.05, 4.69) is 20.9 Å². The monoisotopic (exact) mass is 239 g/mol. The molecule has 0 aliphatic heterocycles. The van der Waals surface area contributed by atoms with Crippen LogP contribution in [0.3, 0.4) is 0 Å². The van der Waals surface area contributed by atoms with Crippen molar-refractivity contribution < 1.29 is 4.42 Å². The number of benzene rings is 1. The summed E-state index contributed by atoms with van der Waals surface area (Å²) in [6.07, 6.45) is 0. The average Bonchev–Trinajstić information content (AvgIpc) is 2.02. The standard InChI is InChI=1S/C9H6BrNO2/c1-5-11-8-4-6(10)2-3-7(8)9(12)13-5/h2-4H,1H3. The molecule has 66 valence electrons. The maximum absolute atomic E-state index is 11.3. The summed E-state index contributed by atoms with van der Waals surface area (Å²) in [6, 6.07) is 5.27. The summed E-state index contributed by atoms with van der Waals surface area (Å²) < 4.78 is 5.75. The molecule has 4 heteroatoms. The number of aromatic nitrogens is 1. The molecule has 2 rings (SSSR count). The van der Waals surface area contributed by atoms with Crippen molar-refractivity contribution in [3.63, 3.8) is 0 Å². The second-order valence-corrected chi connectivity index (χ2v) is 3.60. The fourth-order valence-electron chi connectivity index (χ4n) is 1.15. The van der Waals surface area contributed by atoms with E-state index < -0.39 is 0 Å². The molecule has 0 saturated carbocycles. The lowest BCUT2D eigenvalue weighted by molar-refractivity contribution is 0.467. The molecule has 3 nitrogen and oxygen atoms in total. The van der Waals surface area contributed by atoms with E-state index in [4.69, 9.17) is 4.42 Å². The first-order valence-electron chi connectivity index (χ1n) is 3.74. The van der Waals surface area contributed by atoms with Crippen LogP contribution < -0.4 is 5.63 Å². The first kappa shape index (κ1) is 8.44. The summed E-state index contributed by atoms with van der Waals surface area (Å²) in [5.74, 6) is 0.385. The zero-order chi connectivity index (χ0) is 9.42. The molecule has 1 aromatic heterocycles. The largest absolute Gasteiger partial charge is 0.408 e. The molecule has 0 fully saturated rings. The first-order chi connectivity index (χ1) is 6.16. The zero-order valence-electron chi connectivity index (χ0n) is 6.87. The highest BCUT2D eigenvalue weighted by atomic mass is 79.9. The zero-order valence-corrected chi connectivity index (χ0v) is 8.46. The summed E-state index contributed by atoms with van der Waals surface area (Å²) in [5, 5.41) is 0.508. The van der Waals surface area contributed by atoms with Gasteiger partial charge in [-0.05, 0) is 18.2 Å². The van der Waals surface area contributed by atoms with Crippen molar-refractivity contribution in [2.24, 2.45) is 0 Å². The molecule has 0 saturated heterocycles. The summed E-state index contributed by atoms with van der Waals surface area (Å²) in [7, 11) is 0. The minimum Gasteiger partial charge on any atom is -0.408 e. The van der Waals surface area contributed by atoms with Gasteiger partial charge in [-0.2, -0.15) is 0 Å². The van der Waals surface area contributed by atoms with Gasteiger partial charge in [0, 0.05) is 11.4 Å². The van der Waals surface area contributed by atoms with Crippen LogP contribution in [0.1, 0.15) is 5.89 Å². The Morgan fingerprint density at radius 2 is 2.23 bits per heavy atom. The Labute approximate surface area is 82.5 Å². The fraction of sp³-hybridized carbons (Fsp3) is 0.111. The van der Waals surface area contributed by atoms with Gasteiger partial charge in [-0.3, -0.25) is 0 Å². The number of fused-ring (bicyclic) bond motifs is 1. The van der Waals surface area contributed by atoms with E-state index in [1.54, 1.807) is 25.1 Å². The predicted octanol–water partition coefficient (Wildman–Crippen LogP) is 2.26. The molecule has 0 aliphatic rings. The average molecular weight is 240 g/mol. The lowest BCUT2D eigenvalue weighted by atomic mass is 10.2. The van der Waals surface area contributed by atoms with E-state index in [1.807, 2.05) is 0 Å². The molecule has 0 spiro atoms. The van der Waals surface area contributed by atoms with Crippen molar-refractivity contribution in [1.29, 1.82) is 0 Å². The molecule has 0 unspecified atom stereocenters. The highest BCUT2D eigenvalue weighted by Crippen LogP contribution is 2.15. The van der Waals surface area contributed by atoms with Crippen molar-refractivity contribution in [2.45, 2.75) is 6.92 Å². The highest BCUT2D eigenvalue weighted by molar-refractivity contribution is 9.10. The lowest BCUT2D eigenvalue weighted by Gasteiger charge is -1.96. The second kappa shape index (κ2) is 2.96. The Morgan fingerprint density at radius 3 is 3.00 bits per heavy atom.